The third-order valence-electron chi connectivity index (χ3n) is 3.16. The van der Waals surface area contributed by atoms with Crippen molar-refractivity contribution in [1.29, 1.82) is 0 Å². The van der Waals surface area contributed by atoms with Gasteiger partial charge >= 0.3 is 5.97 Å². The van der Waals surface area contributed by atoms with E-state index in [2.05, 4.69) is 15.5 Å². The van der Waals surface area contributed by atoms with Gasteiger partial charge in [0.05, 0.1) is 5.02 Å². The SMILES string of the molecule is CC(C)(C)c1cc(C(=O)Nc2ccc(OCC(=O)O)c(Cl)c2)n[nH]1. The highest BCUT2D eigenvalue weighted by Crippen LogP contribution is 2.28. The monoisotopic (exact) mass is 351 g/mol. The van der Waals surface area contributed by atoms with Gasteiger partial charge in [0.15, 0.2) is 12.3 Å². The lowest BCUT2D eigenvalue weighted by molar-refractivity contribution is -0.139. The van der Waals surface area contributed by atoms with Crippen LogP contribution in [0.1, 0.15) is 37.0 Å². The zero-order valence-corrected chi connectivity index (χ0v) is 14.3. The van der Waals surface area contributed by atoms with E-state index in [1.807, 2.05) is 20.8 Å². The Hall–Kier alpha value is -2.54. The number of carboxylic acid groups (broad SMARTS) is 1. The summed E-state index contributed by atoms with van der Waals surface area (Å²) in [6, 6.07) is 6.24. The van der Waals surface area contributed by atoms with Crippen LogP contribution in [0.3, 0.4) is 0 Å². The number of carbonyl (C=O) groups excluding carboxylic acids is 1. The summed E-state index contributed by atoms with van der Waals surface area (Å²) in [5, 5.41) is 18.3. The van der Waals surface area contributed by atoms with Crippen molar-refractivity contribution in [3.8, 4) is 5.75 Å². The lowest BCUT2D eigenvalue weighted by atomic mass is 9.92. The van der Waals surface area contributed by atoms with Crippen LogP contribution in [0, 0.1) is 0 Å². The van der Waals surface area contributed by atoms with Crippen LogP contribution in [0.2, 0.25) is 5.02 Å². The summed E-state index contributed by atoms with van der Waals surface area (Å²) in [5.41, 5.74) is 1.43. The molecule has 1 heterocycles. The minimum Gasteiger partial charge on any atom is -0.480 e. The maximum atomic E-state index is 12.2. The lowest BCUT2D eigenvalue weighted by Gasteiger charge is -2.14. The molecule has 0 spiro atoms. The van der Waals surface area contributed by atoms with E-state index in [-0.39, 0.29) is 27.8 Å². The molecule has 128 valence electrons. The van der Waals surface area contributed by atoms with E-state index in [0.29, 0.717) is 5.69 Å². The largest absolute Gasteiger partial charge is 0.480 e. The number of halogens is 1. The minimum absolute atomic E-state index is 0.141. The zero-order chi connectivity index (χ0) is 17.9. The van der Waals surface area contributed by atoms with Crippen LogP contribution in [-0.2, 0) is 10.2 Å². The number of aromatic nitrogens is 2. The Morgan fingerprint density at radius 3 is 2.58 bits per heavy atom. The van der Waals surface area contributed by atoms with Gasteiger partial charge in [-0.15, -0.1) is 0 Å². The summed E-state index contributed by atoms with van der Waals surface area (Å²) in [4.78, 5) is 22.7. The molecule has 0 radical (unpaired) electrons. The fourth-order valence-electron chi connectivity index (χ4n) is 1.85. The summed E-state index contributed by atoms with van der Waals surface area (Å²) < 4.78 is 5.02. The third kappa shape index (κ3) is 4.48. The molecular formula is C16H18ClN3O4. The normalized spacial score (nSPS) is 11.2. The van der Waals surface area contributed by atoms with Gasteiger partial charge in [0, 0.05) is 16.8 Å². The van der Waals surface area contributed by atoms with E-state index in [4.69, 9.17) is 21.4 Å². The average molecular weight is 352 g/mol. The third-order valence-corrected chi connectivity index (χ3v) is 3.45. The number of carbonyl (C=O) groups is 2. The van der Waals surface area contributed by atoms with Crippen molar-refractivity contribution in [1.82, 2.24) is 10.2 Å². The van der Waals surface area contributed by atoms with Crippen molar-refractivity contribution in [3.05, 3.63) is 40.7 Å². The predicted octanol–water partition coefficient (Wildman–Crippen LogP) is 3.08. The Morgan fingerprint density at radius 2 is 2.04 bits per heavy atom. The summed E-state index contributed by atoms with van der Waals surface area (Å²) in [6.45, 7) is 5.54. The fourth-order valence-corrected chi connectivity index (χ4v) is 2.09. The highest BCUT2D eigenvalue weighted by Gasteiger charge is 2.19. The number of nitrogens with zero attached hydrogens (tertiary/aromatic N) is 1. The molecule has 0 aliphatic carbocycles. The highest BCUT2D eigenvalue weighted by atomic mass is 35.5. The molecule has 3 N–H and O–H groups in total. The molecule has 0 fully saturated rings. The first kappa shape index (κ1) is 17.8. The van der Waals surface area contributed by atoms with Gasteiger partial charge in [-0.1, -0.05) is 32.4 Å². The van der Waals surface area contributed by atoms with Crippen molar-refractivity contribution in [2.45, 2.75) is 26.2 Å². The van der Waals surface area contributed by atoms with Crippen molar-refractivity contribution in [2.24, 2.45) is 0 Å². The number of benzene rings is 1. The molecule has 1 aromatic carbocycles. The number of amides is 1. The molecule has 0 bridgehead atoms. The quantitative estimate of drug-likeness (QED) is 0.767. The van der Waals surface area contributed by atoms with Gasteiger partial charge in [-0.3, -0.25) is 9.89 Å². The second-order valence-corrected chi connectivity index (χ2v) is 6.61. The first-order valence-corrected chi connectivity index (χ1v) is 7.56. The van der Waals surface area contributed by atoms with E-state index in [9.17, 15) is 9.59 Å². The lowest BCUT2D eigenvalue weighted by Crippen LogP contribution is -2.13. The second-order valence-electron chi connectivity index (χ2n) is 6.20. The van der Waals surface area contributed by atoms with Crippen LogP contribution in [-0.4, -0.2) is 33.8 Å². The van der Waals surface area contributed by atoms with E-state index in [1.165, 1.54) is 12.1 Å². The van der Waals surface area contributed by atoms with Crippen molar-refractivity contribution in [3.63, 3.8) is 0 Å². The van der Waals surface area contributed by atoms with Gasteiger partial charge in [-0.05, 0) is 24.3 Å². The Bertz CT molecular complexity index is 765. The Balaban J connectivity index is 2.08. The number of nitrogens with one attached hydrogen (secondary N) is 2. The Kier molecular flexibility index (Phi) is 5.14. The van der Waals surface area contributed by atoms with Crippen LogP contribution in [0.25, 0.3) is 0 Å². The molecule has 8 heteroatoms. The van der Waals surface area contributed by atoms with Gasteiger partial charge in [0.1, 0.15) is 5.75 Å². The molecule has 1 amide bonds. The molecule has 0 aliphatic rings. The molecule has 24 heavy (non-hydrogen) atoms. The van der Waals surface area contributed by atoms with E-state index < -0.39 is 12.6 Å². The van der Waals surface area contributed by atoms with Crippen molar-refractivity contribution >= 4 is 29.2 Å². The average Bonchev–Trinajstić information content (AvgIpc) is 2.96. The van der Waals surface area contributed by atoms with Crippen LogP contribution in [0.5, 0.6) is 5.75 Å². The summed E-state index contributed by atoms with van der Waals surface area (Å²) in [7, 11) is 0. The molecular weight excluding hydrogens is 334 g/mol. The Morgan fingerprint density at radius 1 is 1.33 bits per heavy atom. The van der Waals surface area contributed by atoms with E-state index in [0.717, 1.165) is 5.69 Å². The summed E-state index contributed by atoms with van der Waals surface area (Å²) in [5.74, 6) is -1.25. The van der Waals surface area contributed by atoms with Gasteiger partial charge in [0.2, 0.25) is 0 Å². The molecule has 2 rings (SSSR count). The number of rotatable bonds is 5. The number of aromatic amines is 1. The summed E-state index contributed by atoms with van der Waals surface area (Å²) in [6.07, 6.45) is 0. The predicted molar refractivity (Wildman–Crippen MR) is 89.8 cm³/mol. The van der Waals surface area contributed by atoms with Gasteiger partial charge < -0.3 is 15.2 Å². The topological polar surface area (TPSA) is 104 Å². The molecule has 0 aliphatic heterocycles. The van der Waals surface area contributed by atoms with Gasteiger partial charge in [-0.25, -0.2) is 4.79 Å². The van der Waals surface area contributed by atoms with Crippen LogP contribution in [0.4, 0.5) is 5.69 Å². The highest BCUT2D eigenvalue weighted by molar-refractivity contribution is 6.32. The molecule has 0 atom stereocenters. The van der Waals surface area contributed by atoms with Crippen molar-refractivity contribution in [2.75, 3.05) is 11.9 Å². The fraction of sp³-hybridized carbons (Fsp3) is 0.312. The van der Waals surface area contributed by atoms with Gasteiger partial charge in [-0.2, -0.15) is 5.10 Å². The Labute approximate surface area is 144 Å². The number of H-pyrrole nitrogens is 1. The number of aliphatic carboxylic acids is 1. The minimum atomic E-state index is -1.10. The number of hydrogen-bond donors (Lipinski definition) is 3. The second kappa shape index (κ2) is 6.92. The molecule has 0 unspecified atom stereocenters. The van der Waals surface area contributed by atoms with Gasteiger partial charge in [0.25, 0.3) is 5.91 Å². The van der Waals surface area contributed by atoms with Crippen molar-refractivity contribution < 1.29 is 19.4 Å². The van der Waals surface area contributed by atoms with Crippen LogP contribution < -0.4 is 10.1 Å². The van der Waals surface area contributed by atoms with Crippen LogP contribution >= 0.6 is 11.6 Å². The molecule has 2 aromatic rings. The maximum Gasteiger partial charge on any atom is 0.341 e. The van der Waals surface area contributed by atoms with E-state index in [1.54, 1.807) is 12.1 Å². The maximum absolute atomic E-state index is 12.2. The zero-order valence-electron chi connectivity index (χ0n) is 13.5. The number of hydrogen-bond acceptors (Lipinski definition) is 4. The molecule has 0 saturated carbocycles. The first-order valence-electron chi connectivity index (χ1n) is 7.18. The van der Waals surface area contributed by atoms with Crippen LogP contribution in [0.15, 0.2) is 24.3 Å². The molecule has 0 saturated heterocycles. The summed E-state index contributed by atoms with van der Waals surface area (Å²) >= 11 is 6.02. The standard InChI is InChI=1S/C16H18ClN3O4/c1-16(2,3)13-7-11(19-20-13)15(23)18-9-4-5-12(10(17)6-9)24-8-14(21)22/h4-7H,8H2,1-3H3,(H,18,23)(H,19,20)(H,21,22). The molecule has 1 aromatic heterocycles. The van der Waals surface area contributed by atoms with E-state index >= 15 is 0 Å². The molecule has 7 nitrogen and oxygen atoms in total. The number of ether oxygens (including phenoxy) is 1. The first-order chi connectivity index (χ1) is 11.2. The number of carboxylic acids is 1. The number of anilines is 1. The smallest absolute Gasteiger partial charge is 0.341 e.